The van der Waals surface area contributed by atoms with Crippen LogP contribution in [-0.4, -0.2) is 63.0 Å². The number of carboxylic acid groups (broad SMARTS) is 1. The number of aromatic carboxylic acids is 1. The van der Waals surface area contributed by atoms with E-state index < -0.39 is 45.4 Å². The Morgan fingerprint density at radius 1 is 1.11 bits per heavy atom. The zero-order valence-corrected chi connectivity index (χ0v) is 14.7. The van der Waals surface area contributed by atoms with Crippen LogP contribution in [0.15, 0.2) is 66.2 Å². The third-order valence-electron chi connectivity index (χ3n) is 3.79. The first-order valence-electron chi connectivity index (χ1n) is 7.77. The van der Waals surface area contributed by atoms with Crippen molar-refractivity contribution < 1.29 is 32.0 Å². The van der Waals surface area contributed by atoms with Gasteiger partial charge >= 0.3 is 53.8 Å². The Morgan fingerprint density at radius 2 is 1.71 bits per heavy atom. The van der Waals surface area contributed by atoms with Crippen LogP contribution < -0.4 is 5.73 Å². The first-order valence-corrected chi connectivity index (χ1v) is 9.34. The van der Waals surface area contributed by atoms with Crippen LogP contribution in [-0.2, 0) is 29.6 Å². The molecule has 0 fully saturated rings. The van der Waals surface area contributed by atoms with Gasteiger partial charge in [0.15, 0.2) is 6.10 Å². The molecule has 3 N–H and O–H groups in total. The van der Waals surface area contributed by atoms with Gasteiger partial charge in [-0.05, 0) is 17.7 Å². The number of ether oxygens (including phenoxy) is 1. The quantitative estimate of drug-likeness (QED) is 0.506. The van der Waals surface area contributed by atoms with E-state index in [2.05, 4.69) is 0 Å². The molecule has 28 heavy (non-hydrogen) atoms. The molecule has 0 amide bonds. The van der Waals surface area contributed by atoms with E-state index in [1.807, 2.05) is 0 Å². The summed E-state index contributed by atoms with van der Waals surface area (Å²) in [5, 5.41) is 8.91. The van der Waals surface area contributed by atoms with Gasteiger partial charge in [0.2, 0.25) is 17.4 Å². The van der Waals surface area contributed by atoms with Crippen LogP contribution in [0.5, 0.6) is 0 Å². The van der Waals surface area contributed by atoms with Crippen LogP contribution in [0.3, 0.4) is 0 Å². The molecule has 0 saturated heterocycles. The molecule has 1 aliphatic heterocycles. The molecule has 1 atom stereocenters. The summed E-state index contributed by atoms with van der Waals surface area (Å²) >= 11 is 0. The summed E-state index contributed by atoms with van der Waals surface area (Å²) in [4.78, 5) is 23.4. The number of rotatable bonds is 6. The van der Waals surface area contributed by atoms with Gasteiger partial charge in [-0.1, -0.05) is 42.5 Å². The molecule has 2 aromatic rings. The van der Waals surface area contributed by atoms with E-state index in [-0.39, 0.29) is 43.3 Å². The summed E-state index contributed by atoms with van der Waals surface area (Å²) in [5.41, 5.74) is 6.48. The number of hydrogen-bond acceptors (Lipinski definition) is 7. The van der Waals surface area contributed by atoms with Crippen molar-refractivity contribution in [2.75, 3.05) is 0 Å². The SMILES string of the molecule is NC1=C(OS(=O)(=O)Cc2ccccc2)C(=O)C(c2ccc(C(=O)O)cc2)O1.[CaH2]. The van der Waals surface area contributed by atoms with E-state index in [0.717, 1.165) is 0 Å². The fraction of sp³-hybridized carbons (Fsp3) is 0.111. The number of carboxylic acids is 1. The van der Waals surface area contributed by atoms with Crippen LogP contribution in [0.4, 0.5) is 0 Å². The second kappa shape index (κ2) is 8.95. The Morgan fingerprint density at radius 3 is 2.29 bits per heavy atom. The van der Waals surface area contributed by atoms with Crippen molar-refractivity contribution in [2.45, 2.75) is 11.9 Å². The number of hydrogen-bond donors (Lipinski definition) is 2. The standard InChI is InChI=1S/C18H15NO7S.Ca.2H/c19-17-16(26-27(23,24)10-11-4-2-1-3-5-11)14(20)15(25-17)12-6-8-13(9-7-12)18(21)22;;;/h1-9,15H,10,19H2,(H,21,22);;;. The zero-order chi connectivity index (χ0) is 19.6. The van der Waals surface area contributed by atoms with Gasteiger partial charge in [-0.2, -0.15) is 8.42 Å². The Bertz CT molecular complexity index is 1020. The van der Waals surface area contributed by atoms with Gasteiger partial charge in [0.1, 0.15) is 5.75 Å². The predicted octanol–water partition coefficient (Wildman–Crippen LogP) is 0.783. The Kier molecular flexibility index (Phi) is 7.11. The van der Waals surface area contributed by atoms with E-state index in [9.17, 15) is 18.0 Å². The fourth-order valence-corrected chi connectivity index (χ4v) is 3.59. The predicted molar refractivity (Wildman–Crippen MR) is 102 cm³/mol. The maximum absolute atomic E-state index is 12.5. The molecule has 0 radical (unpaired) electrons. The Balaban J connectivity index is 0.00000280. The summed E-state index contributed by atoms with van der Waals surface area (Å²) in [6, 6.07) is 13.7. The number of ketones is 1. The maximum atomic E-state index is 12.5. The van der Waals surface area contributed by atoms with Crippen molar-refractivity contribution >= 4 is 59.6 Å². The average molecular weight is 431 g/mol. The van der Waals surface area contributed by atoms with Gasteiger partial charge in [0.05, 0.1) is 5.56 Å². The number of carbonyl (C=O) groups excluding carboxylic acids is 1. The molecular weight excluding hydrogens is 414 g/mol. The second-order valence-corrected chi connectivity index (χ2v) is 7.32. The van der Waals surface area contributed by atoms with E-state index in [1.54, 1.807) is 30.3 Å². The normalized spacial score (nSPS) is 16.3. The summed E-state index contributed by atoms with van der Waals surface area (Å²) < 4.78 is 34.6. The van der Waals surface area contributed by atoms with E-state index in [4.69, 9.17) is 19.8 Å². The van der Waals surface area contributed by atoms with Crippen LogP contribution in [0.2, 0.25) is 0 Å². The minimum atomic E-state index is -4.12. The Hall–Kier alpha value is -2.07. The molecule has 1 aliphatic rings. The molecule has 0 bridgehead atoms. The number of carbonyl (C=O) groups is 2. The Labute approximate surface area is 191 Å². The van der Waals surface area contributed by atoms with Crippen LogP contribution in [0, 0.1) is 0 Å². The topological polar surface area (TPSA) is 133 Å². The average Bonchev–Trinajstić information content (AvgIpc) is 2.90. The molecule has 1 heterocycles. The number of Topliss-reactive ketones (excluding diaryl/α,β-unsaturated/α-hetero) is 1. The molecule has 10 heteroatoms. The number of benzene rings is 2. The van der Waals surface area contributed by atoms with Crippen LogP contribution >= 0.6 is 0 Å². The first-order chi connectivity index (χ1) is 12.8. The summed E-state index contributed by atoms with van der Waals surface area (Å²) in [6.07, 6.45) is -1.20. The van der Waals surface area contributed by atoms with E-state index in [0.29, 0.717) is 11.1 Å². The molecule has 1 unspecified atom stereocenters. The molecular formula is C18H17CaNO7S. The molecule has 3 rings (SSSR count). The molecule has 144 valence electrons. The van der Waals surface area contributed by atoms with Crippen molar-refractivity contribution in [2.24, 2.45) is 5.73 Å². The van der Waals surface area contributed by atoms with Gasteiger partial charge in [-0.25, -0.2) is 4.79 Å². The second-order valence-electron chi connectivity index (χ2n) is 5.75. The molecule has 2 aromatic carbocycles. The minimum absolute atomic E-state index is 0. The molecule has 0 aliphatic carbocycles. The summed E-state index contributed by atoms with van der Waals surface area (Å²) in [5.74, 6) is -3.33. The van der Waals surface area contributed by atoms with Crippen molar-refractivity contribution in [3.05, 3.63) is 82.9 Å². The molecule has 0 saturated carbocycles. The molecule has 8 nitrogen and oxygen atoms in total. The van der Waals surface area contributed by atoms with Gasteiger partial charge in [0.25, 0.3) is 0 Å². The van der Waals surface area contributed by atoms with Gasteiger partial charge in [-0.3, -0.25) is 4.79 Å². The molecule has 0 spiro atoms. The summed E-state index contributed by atoms with van der Waals surface area (Å²) in [7, 11) is -4.12. The molecule has 0 aromatic heterocycles. The third-order valence-corrected chi connectivity index (χ3v) is 4.89. The van der Waals surface area contributed by atoms with Crippen molar-refractivity contribution in [1.82, 2.24) is 0 Å². The zero-order valence-electron chi connectivity index (χ0n) is 13.9. The third kappa shape index (κ3) is 5.05. The van der Waals surface area contributed by atoms with Crippen molar-refractivity contribution in [3.8, 4) is 0 Å². The monoisotopic (exact) mass is 431 g/mol. The summed E-state index contributed by atoms with van der Waals surface area (Å²) in [6.45, 7) is 0. The number of nitrogens with two attached hydrogens (primary N) is 1. The van der Waals surface area contributed by atoms with E-state index >= 15 is 0 Å². The fourth-order valence-electron chi connectivity index (χ4n) is 2.51. The first kappa shape index (κ1) is 22.2. The van der Waals surface area contributed by atoms with Gasteiger partial charge in [0, 0.05) is 5.56 Å². The van der Waals surface area contributed by atoms with Crippen LogP contribution in [0.25, 0.3) is 0 Å². The van der Waals surface area contributed by atoms with Crippen molar-refractivity contribution in [3.63, 3.8) is 0 Å². The van der Waals surface area contributed by atoms with Crippen LogP contribution in [0.1, 0.15) is 27.6 Å². The van der Waals surface area contributed by atoms with E-state index in [1.165, 1.54) is 24.3 Å². The van der Waals surface area contributed by atoms with Crippen molar-refractivity contribution in [1.29, 1.82) is 0 Å². The van der Waals surface area contributed by atoms with Gasteiger partial charge in [-0.15, -0.1) is 0 Å². The van der Waals surface area contributed by atoms with Gasteiger partial charge < -0.3 is 19.8 Å².